The van der Waals surface area contributed by atoms with E-state index in [2.05, 4.69) is 20.2 Å². The molecule has 0 atom stereocenters. The van der Waals surface area contributed by atoms with Crippen LogP contribution in [0.3, 0.4) is 0 Å². The predicted octanol–water partition coefficient (Wildman–Crippen LogP) is 3.82. The highest BCUT2D eigenvalue weighted by atomic mass is 32.1. The molecule has 0 unspecified atom stereocenters. The molecule has 144 valence electrons. The molecule has 7 nitrogen and oxygen atoms in total. The van der Waals surface area contributed by atoms with E-state index in [-0.39, 0.29) is 6.61 Å². The zero-order valence-corrected chi connectivity index (χ0v) is 16.2. The van der Waals surface area contributed by atoms with Gasteiger partial charge in [-0.25, -0.2) is 9.78 Å². The van der Waals surface area contributed by atoms with Gasteiger partial charge in [0.1, 0.15) is 0 Å². The first-order chi connectivity index (χ1) is 13.7. The van der Waals surface area contributed by atoms with Crippen LogP contribution in [0.2, 0.25) is 0 Å². The maximum Gasteiger partial charge on any atom is 0.343 e. The van der Waals surface area contributed by atoms with E-state index in [0.29, 0.717) is 16.6 Å². The first-order valence-corrected chi connectivity index (χ1v) is 9.25. The number of hydrogen-bond donors (Lipinski definition) is 1. The first-order valence-electron chi connectivity index (χ1n) is 8.37. The molecule has 1 aromatic heterocycles. The van der Waals surface area contributed by atoms with Crippen molar-refractivity contribution in [1.82, 2.24) is 4.98 Å². The Labute approximate surface area is 166 Å². The number of carbonyl (C=O) groups is 1. The van der Waals surface area contributed by atoms with Gasteiger partial charge in [-0.3, -0.25) is 5.43 Å². The summed E-state index contributed by atoms with van der Waals surface area (Å²) in [6.07, 6.45) is 1.65. The summed E-state index contributed by atoms with van der Waals surface area (Å²) in [5, 5.41) is 6.88. The SMILES string of the molecule is COC(=O)COc1ccc(C=NNc2nc(-c3ccccc3)cs2)cc1OC. The molecular weight excluding hydrogens is 378 g/mol. The average Bonchev–Trinajstić information content (AvgIpc) is 3.22. The lowest BCUT2D eigenvalue weighted by Crippen LogP contribution is -2.13. The van der Waals surface area contributed by atoms with Crippen LogP contribution in [0.25, 0.3) is 11.3 Å². The highest BCUT2D eigenvalue weighted by Gasteiger charge is 2.08. The molecule has 0 spiro atoms. The highest BCUT2D eigenvalue weighted by Crippen LogP contribution is 2.28. The number of esters is 1. The van der Waals surface area contributed by atoms with Crippen LogP contribution < -0.4 is 14.9 Å². The van der Waals surface area contributed by atoms with Crippen molar-refractivity contribution >= 4 is 28.7 Å². The van der Waals surface area contributed by atoms with Crippen molar-refractivity contribution < 1.29 is 19.0 Å². The number of hydrogen-bond acceptors (Lipinski definition) is 8. The minimum Gasteiger partial charge on any atom is -0.493 e. The highest BCUT2D eigenvalue weighted by molar-refractivity contribution is 7.14. The first kappa shape index (κ1) is 19.4. The number of nitrogens with zero attached hydrogens (tertiary/aromatic N) is 2. The Balaban J connectivity index is 1.63. The van der Waals surface area contributed by atoms with Crippen molar-refractivity contribution in [2.45, 2.75) is 0 Å². The molecule has 0 fully saturated rings. The lowest BCUT2D eigenvalue weighted by Gasteiger charge is -2.10. The van der Waals surface area contributed by atoms with E-state index < -0.39 is 5.97 Å². The van der Waals surface area contributed by atoms with Crippen LogP contribution in [0.1, 0.15) is 5.56 Å². The summed E-state index contributed by atoms with van der Waals surface area (Å²) in [5.74, 6) is 0.481. The third-order valence-electron chi connectivity index (χ3n) is 3.71. The summed E-state index contributed by atoms with van der Waals surface area (Å²) in [6, 6.07) is 15.2. The van der Waals surface area contributed by atoms with E-state index >= 15 is 0 Å². The van der Waals surface area contributed by atoms with Crippen molar-refractivity contribution in [1.29, 1.82) is 0 Å². The fourth-order valence-electron chi connectivity index (χ4n) is 2.31. The van der Waals surface area contributed by atoms with E-state index in [9.17, 15) is 4.79 Å². The third kappa shape index (κ3) is 5.08. The maximum atomic E-state index is 11.2. The monoisotopic (exact) mass is 397 g/mol. The number of rotatable bonds is 8. The summed E-state index contributed by atoms with van der Waals surface area (Å²) in [4.78, 5) is 15.7. The molecule has 0 saturated carbocycles. The topological polar surface area (TPSA) is 82.0 Å². The molecule has 3 rings (SSSR count). The standard InChI is InChI=1S/C20H19N3O4S/c1-25-18-10-14(8-9-17(18)27-12-19(24)26-2)11-21-23-20-22-16(13-28-20)15-6-4-3-5-7-15/h3-11,13H,12H2,1-2H3,(H,22,23). The Morgan fingerprint density at radius 3 is 2.75 bits per heavy atom. The van der Waals surface area contributed by atoms with Gasteiger partial charge in [0.15, 0.2) is 18.1 Å². The Kier molecular flexibility index (Phi) is 6.59. The summed E-state index contributed by atoms with van der Waals surface area (Å²) in [7, 11) is 2.83. The zero-order valence-electron chi connectivity index (χ0n) is 15.4. The maximum absolute atomic E-state index is 11.2. The number of anilines is 1. The number of hydrazone groups is 1. The molecule has 3 aromatic rings. The Bertz CT molecular complexity index is 957. The third-order valence-corrected chi connectivity index (χ3v) is 4.46. The molecule has 0 aliphatic rings. The normalized spacial score (nSPS) is 10.6. The van der Waals surface area contributed by atoms with E-state index in [1.165, 1.54) is 25.6 Å². The van der Waals surface area contributed by atoms with Crippen LogP contribution in [-0.2, 0) is 9.53 Å². The second-order valence-electron chi connectivity index (χ2n) is 5.55. The minimum absolute atomic E-state index is 0.185. The Hall–Kier alpha value is -3.39. The van der Waals surface area contributed by atoms with E-state index in [1.807, 2.05) is 35.7 Å². The van der Waals surface area contributed by atoms with Gasteiger partial charge in [0.05, 0.1) is 26.1 Å². The second kappa shape index (κ2) is 9.52. The van der Waals surface area contributed by atoms with Crippen LogP contribution in [0, 0.1) is 0 Å². The molecule has 0 bridgehead atoms. The van der Waals surface area contributed by atoms with Gasteiger partial charge in [-0.15, -0.1) is 11.3 Å². The number of carbonyl (C=O) groups excluding carboxylic acids is 1. The average molecular weight is 397 g/mol. The van der Waals surface area contributed by atoms with E-state index in [0.717, 1.165) is 16.8 Å². The number of benzene rings is 2. The van der Waals surface area contributed by atoms with E-state index in [1.54, 1.807) is 24.4 Å². The van der Waals surface area contributed by atoms with Gasteiger partial charge in [-0.05, 0) is 23.8 Å². The number of methoxy groups -OCH3 is 2. The van der Waals surface area contributed by atoms with Gasteiger partial charge in [0, 0.05) is 10.9 Å². The van der Waals surface area contributed by atoms with Crippen LogP contribution in [0.15, 0.2) is 59.0 Å². The van der Waals surface area contributed by atoms with Crippen molar-refractivity contribution in [3.8, 4) is 22.8 Å². The van der Waals surface area contributed by atoms with Gasteiger partial charge in [-0.2, -0.15) is 5.10 Å². The van der Waals surface area contributed by atoms with Crippen molar-refractivity contribution in [2.75, 3.05) is 26.3 Å². The largest absolute Gasteiger partial charge is 0.493 e. The molecule has 0 aliphatic carbocycles. The molecule has 1 heterocycles. The van der Waals surface area contributed by atoms with Gasteiger partial charge in [0.25, 0.3) is 0 Å². The van der Waals surface area contributed by atoms with Crippen LogP contribution in [0.4, 0.5) is 5.13 Å². The van der Waals surface area contributed by atoms with Crippen LogP contribution in [-0.4, -0.2) is 38.0 Å². The molecular formula is C20H19N3O4S. The quantitative estimate of drug-likeness (QED) is 0.354. The molecule has 2 aromatic carbocycles. The Morgan fingerprint density at radius 1 is 1.18 bits per heavy atom. The smallest absolute Gasteiger partial charge is 0.343 e. The second-order valence-corrected chi connectivity index (χ2v) is 6.41. The lowest BCUT2D eigenvalue weighted by atomic mass is 10.2. The van der Waals surface area contributed by atoms with Crippen molar-refractivity contribution in [3.05, 3.63) is 59.5 Å². The van der Waals surface area contributed by atoms with Gasteiger partial charge in [-0.1, -0.05) is 30.3 Å². The number of aromatic nitrogens is 1. The number of ether oxygens (including phenoxy) is 3. The molecule has 0 aliphatic heterocycles. The molecule has 1 N–H and O–H groups in total. The summed E-state index contributed by atoms with van der Waals surface area (Å²) in [6.45, 7) is -0.185. The van der Waals surface area contributed by atoms with Crippen LogP contribution in [0.5, 0.6) is 11.5 Å². The summed E-state index contributed by atoms with van der Waals surface area (Å²) >= 11 is 1.48. The molecule has 0 radical (unpaired) electrons. The number of thiazole rings is 1. The van der Waals surface area contributed by atoms with Gasteiger partial charge < -0.3 is 14.2 Å². The minimum atomic E-state index is -0.463. The van der Waals surface area contributed by atoms with E-state index in [4.69, 9.17) is 9.47 Å². The van der Waals surface area contributed by atoms with Crippen molar-refractivity contribution in [2.24, 2.45) is 5.10 Å². The summed E-state index contributed by atoms with van der Waals surface area (Å²) in [5.41, 5.74) is 5.69. The van der Waals surface area contributed by atoms with Gasteiger partial charge in [0.2, 0.25) is 5.13 Å². The fraction of sp³-hybridized carbons (Fsp3) is 0.150. The molecule has 28 heavy (non-hydrogen) atoms. The summed E-state index contributed by atoms with van der Waals surface area (Å²) < 4.78 is 15.2. The molecule has 0 saturated heterocycles. The van der Waals surface area contributed by atoms with Gasteiger partial charge >= 0.3 is 5.97 Å². The fourth-order valence-corrected chi connectivity index (χ4v) is 2.98. The Morgan fingerprint density at radius 2 is 2.00 bits per heavy atom. The van der Waals surface area contributed by atoms with Crippen LogP contribution >= 0.6 is 11.3 Å². The number of nitrogens with one attached hydrogen (secondary N) is 1. The lowest BCUT2D eigenvalue weighted by molar-refractivity contribution is -0.142. The van der Waals surface area contributed by atoms with Crippen molar-refractivity contribution in [3.63, 3.8) is 0 Å². The predicted molar refractivity (Wildman–Crippen MR) is 109 cm³/mol. The molecule has 8 heteroatoms. The zero-order chi connectivity index (χ0) is 19.8. The molecule has 0 amide bonds.